The lowest BCUT2D eigenvalue weighted by molar-refractivity contribution is 0.0847. The normalized spacial score (nSPS) is 15.7. The molecule has 6 nitrogen and oxygen atoms in total. The Balaban J connectivity index is 1.92. The molecule has 1 heterocycles. The molecule has 0 bridgehead atoms. The lowest BCUT2D eigenvalue weighted by Crippen LogP contribution is -2.53. The van der Waals surface area contributed by atoms with Crippen molar-refractivity contribution < 1.29 is 14.3 Å². The van der Waals surface area contributed by atoms with Gasteiger partial charge in [0, 0.05) is 26.2 Å². The van der Waals surface area contributed by atoms with E-state index in [1.165, 1.54) is 0 Å². The Morgan fingerprint density at radius 1 is 1.12 bits per heavy atom. The Bertz CT molecular complexity index is 619. The highest BCUT2D eigenvalue weighted by Crippen LogP contribution is 2.27. The third-order valence-electron chi connectivity index (χ3n) is 4.14. The molecule has 1 saturated heterocycles. The summed E-state index contributed by atoms with van der Waals surface area (Å²) in [5.74, 6) is 0. The molecule has 25 heavy (non-hydrogen) atoms. The summed E-state index contributed by atoms with van der Waals surface area (Å²) >= 11 is 12.0. The lowest BCUT2D eigenvalue weighted by atomic mass is 10.0. The second-order valence-electron chi connectivity index (χ2n) is 5.76. The molecule has 1 fully saturated rings. The number of ether oxygens (including phenoxy) is 1. The molecule has 0 aromatic heterocycles. The van der Waals surface area contributed by atoms with Crippen LogP contribution >= 0.6 is 23.2 Å². The summed E-state index contributed by atoms with van der Waals surface area (Å²) in [4.78, 5) is 27.5. The predicted octanol–water partition coefficient (Wildman–Crippen LogP) is 3.93. The summed E-state index contributed by atoms with van der Waals surface area (Å²) in [7, 11) is 0. The zero-order valence-corrected chi connectivity index (χ0v) is 15.9. The van der Waals surface area contributed by atoms with E-state index in [1.54, 1.807) is 28.9 Å². The van der Waals surface area contributed by atoms with Gasteiger partial charge in [0.05, 0.1) is 22.7 Å². The number of benzene rings is 1. The predicted molar refractivity (Wildman–Crippen MR) is 98.2 cm³/mol. The molecule has 1 aliphatic rings. The van der Waals surface area contributed by atoms with Crippen molar-refractivity contribution in [2.75, 3.05) is 32.8 Å². The Hall–Kier alpha value is -1.66. The minimum Gasteiger partial charge on any atom is -0.450 e. The summed E-state index contributed by atoms with van der Waals surface area (Å²) in [5.41, 5.74) is 0.912. The third-order valence-corrected chi connectivity index (χ3v) is 4.88. The zero-order valence-electron chi connectivity index (χ0n) is 14.4. The number of carbonyl (C=O) groups excluding carboxylic acids is 2. The highest BCUT2D eigenvalue weighted by atomic mass is 35.5. The lowest BCUT2D eigenvalue weighted by Gasteiger charge is -2.35. The van der Waals surface area contributed by atoms with E-state index in [-0.39, 0.29) is 18.2 Å². The maximum absolute atomic E-state index is 12.5. The summed E-state index contributed by atoms with van der Waals surface area (Å²) < 4.78 is 4.98. The molecule has 8 heteroatoms. The van der Waals surface area contributed by atoms with Crippen LogP contribution in [-0.2, 0) is 4.74 Å². The van der Waals surface area contributed by atoms with Crippen LogP contribution in [0.2, 0.25) is 10.0 Å². The fourth-order valence-corrected chi connectivity index (χ4v) is 3.00. The quantitative estimate of drug-likeness (QED) is 0.850. The Kier molecular flexibility index (Phi) is 7.20. The van der Waals surface area contributed by atoms with Crippen molar-refractivity contribution in [1.82, 2.24) is 15.1 Å². The van der Waals surface area contributed by atoms with Crippen LogP contribution in [0.3, 0.4) is 0 Å². The number of amides is 3. The van der Waals surface area contributed by atoms with Crippen molar-refractivity contribution in [3.05, 3.63) is 33.8 Å². The van der Waals surface area contributed by atoms with Gasteiger partial charge in [-0.25, -0.2) is 9.59 Å². The first-order valence-corrected chi connectivity index (χ1v) is 9.13. The monoisotopic (exact) mass is 387 g/mol. The molecule has 3 amide bonds. The van der Waals surface area contributed by atoms with Crippen molar-refractivity contribution in [3.63, 3.8) is 0 Å². The molecule has 2 rings (SSSR count). The van der Waals surface area contributed by atoms with E-state index in [0.717, 1.165) is 12.0 Å². The summed E-state index contributed by atoms with van der Waals surface area (Å²) in [6.45, 7) is 6.00. The van der Waals surface area contributed by atoms with Gasteiger partial charge in [-0.3, -0.25) is 0 Å². The van der Waals surface area contributed by atoms with Crippen LogP contribution in [0.1, 0.15) is 31.9 Å². The molecular formula is C17H23Cl2N3O3. The average Bonchev–Trinajstić information content (AvgIpc) is 2.62. The fraction of sp³-hybridized carbons (Fsp3) is 0.529. The second kappa shape index (κ2) is 9.15. The molecule has 1 unspecified atom stereocenters. The fourth-order valence-electron chi connectivity index (χ4n) is 2.70. The summed E-state index contributed by atoms with van der Waals surface area (Å²) in [6, 6.07) is 5.07. The van der Waals surface area contributed by atoms with Gasteiger partial charge in [-0.2, -0.15) is 0 Å². The van der Waals surface area contributed by atoms with E-state index in [9.17, 15) is 9.59 Å². The van der Waals surface area contributed by atoms with Crippen LogP contribution in [0, 0.1) is 0 Å². The van der Waals surface area contributed by atoms with E-state index in [0.29, 0.717) is 42.8 Å². The first-order valence-electron chi connectivity index (χ1n) is 8.38. The molecule has 0 radical (unpaired) electrons. The molecule has 1 atom stereocenters. The topological polar surface area (TPSA) is 61.9 Å². The van der Waals surface area contributed by atoms with Gasteiger partial charge in [0.25, 0.3) is 0 Å². The van der Waals surface area contributed by atoms with Gasteiger partial charge < -0.3 is 19.9 Å². The molecule has 0 spiro atoms. The molecule has 1 N–H and O–H groups in total. The molecule has 1 aliphatic heterocycles. The van der Waals surface area contributed by atoms with Crippen molar-refractivity contribution in [2.45, 2.75) is 26.3 Å². The number of rotatable bonds is 4. The largest absolute Gasteiger partial charge is 0.450 e. The number of nitrogens with one attached hydrogen (secondary N) is 1. The van der Waals surface area contributed by atoms with Gasteiger partial charge in [0.1, 0.15) is 0 Å². The SMILES string of the molecule is CCOC(=O)N1CCN(C(=O)NC(CC)c2ccc(Cl)c(Cl)c2)CC1. The first kappa shape index (κ1) is 19.7. The standard InChI is InChI=1S/C17H23Cl2N3O3/c1-3-15(12-5-6-13(18)14(19)11-12)20-16(23)21-7-9-22(10-8-21)17(24)25-4-2/h5-6,11,15H,3-4,7-10H2,1-2H3,(H,20,23). The number of urea groups is 1. The Morgan fingerprint density at radius 2 is 1.76 bits per heavy atom. The smallest absolute Gasteiger partial charge is 0.409 e. The molecule has 138 valence electrons. The van der Waals surface area contributed by atoms with Gasteiger partial charge in [-0.05, 0) is 31.0 Å². The average molecular weight is 388 g/mol. The second-order valence-corrected chi connectivity index (χ2v) is 6.57. The molecule has 1 aromatic carbocycles. The maximum atomic E-state index is 12.5. The minimum atomic E-state index is -0.329. The van der Waals surface area contributed by atoms with Crippen molar-refractivity contribution in [2.24, 2.45) is 0 Å². The Morgan fingerprint density at radius 3 is 2.32 bits per heavy atom. The number of hydrogen-bond donors (Lipinski definition) is 1. The first-order chi connectivity index (χ1) is 12.0. The van der Waals surface area contributed by atoms with Gasteiger partial charge >= 0.3 is 12.1 Å². The minimum absolute atomic E-state index is 0.148. The number of nitrogens with zero attached hydrogens (tertiary/aromatic N) is 2. The van der Waals surface area contributed by atoms with E-state index < -0.39 is 0 Å². The van der Waals surface area contributed by atoms with Crippen LogP contribution in [0.25, 0.3) is 0 Å². The van der Waals surface area contributed by atoms with Crippen LogP contribution in [-0.4, -0.2) is 54.7 Å². The van der Waals surface area contributed by atoms with E-state index in [4.69, 9.17) is 27.9 Å². The number of piperazine rings is 1. The van der Waals surface area contributed by atoms with Gasteiger partial charge in [0.2, 0.25) is 0 Å². The van der Waals surface area contributed by atoms with Gasteiger partial charge in [-0.1, -0.05) is 36.2 Å². The summed E-state index contributed by atoms with van der Waals surface area (Å²) in [5, 5.41) is 3.97. The third kappa shape index (κ3) is 5.16. The van der Waals surface area contributed by atoms with E-state index in [2.05, 4.69) is 5.32 Å². The van der Waals surface area contributed by atoms with Gasteiger partial charge in [-0.15, -0.1) is 0 Å². The molecule has 0 saturated carbocycles. The molecular weight excluding hydrogens is 365 g/mol. The van der Waals surface area contributed by atoms with Crippen LogP contribution in [0.5, 0.6) is 0 Å². The summed E-state index contributed by atoms with van der Waals surface area (Å²) in [6.07, 6.45) is 0.400. The maximum Gasteiger partial charge on any atom is 0.409 e. The molecule has 0 aliphatic carbocycles. The number of halogens is 2. The Labute approximate surface area is 158 Å². The van der Waals surface area contributed by atoms with Crippen LogP contribution in [0.4, 0.5) is 9.59 Å². The molecule has 1 aromatic rings. The number of hydrogen-bond acceptors (Lipinski definition) is 3. The highest BCUT2D eigenvalue weighted by Gasteiger charge is 2.26. The van der Waals surface area contributed by atoms with Crippen molar-refractivity contribution in [3.8, 4) is 0 Å². The van der Waals surface area contributed by atoms with Crippen LogP contribution in [0.15, 0.2) is 18.2 Å². The zero-order chi connectivity index (χ0) is 18.4. The van der Waals surface area contributed by atoms with Crippen LogP contribution < -0.4 is 5.32 Å². The highest BCUT2D eigenvalue weighted by molar-refractivity contribution is 6.42. The van der Waals surface area contributed by atoms with E-state index >= 15 is 0 Å². The number of carbonyl (C=O) groups is 2. The van der Waals surface area contributed by atoms with Crippen molar-refractivity contribution in [1.29, 1.82) is 0 Å². The van der Waals surface area contributed by atoms with E-state index in [1.807, 2.05) is 13.0 Å². The van der Waals surface area contributed by atoms with Gasteiger partial charge in [0.15, 0.2) is 0 Å². The van der Waals surface area contributed by atoms with Crippen molar-refractivity contribution >= 4 is 35.3 Å².